The topological polar surface area (TPSA) is 76.5 Å². The average molecular weight is 354 g/mol. The fourth-order valence-corrected chi connectivity index (χ4v) is 3.99. The summed E-state index contributed by atoms with van der Waals surface area (Å²) in [4.78, 5) is 26.5. The molecule has 2 aromatic rings. The average Bonchev–Trinajstić information content (AvgIpc) is 3.18. The van der Waals surface area contributed by atoms with Crippen molar-refractivity contribution < 1.29 is 14.3 Å². The number of ether oxygens (including phenoxy) is 1. The molecule has 1 saturated heterocycles. The summed E-state index contributed by atoms with van der Waals surface area (Å²) in [7, 11) is 1.91. The van der Waals surface area contributed by atoms with Crippen molar-refractivity contribution in [2.75, 3.05) is 6.54 Å². The summed E-state index contributed by atoms with van der Waals surface area (Å²) in [6, 6.07) is 9.70. The molecule has 2 atom stereocenters. The lowest BCUT2D eigenvalue weighted by molar-refractivity contribution is -0.133. The van der Waals surface area contributed by atoms with Gasteiger partial charge in [-0.15, -0.1) is 0 Å². The number of carbonyl (C=O) groups excluding carboxylic acids is 2. The van der Waals surface area contributed by atoms with Crippen LogP contribution in [0.25, 0.3) is 0 Å². The number of benzene rings is 1. The Morgan fingerprint density at radius 2 is 2.08 bits per heavy atom. The standard InChI is InChI=1S/C19H22N4O3/c1-22-11-15-16(21-22)9-14-7-8-17(15)23(14)18(24)10-20-19(25)26-12-13-5-3-2-4-6-13/h2-6,11,14,17H,7-10,12H2,1H3,(H,20,25)/t14-,17+/m0/s1. The molecule has 2 aliphatic heterocycles. The molecular weight excluding hydrogens is 332 g/mol. The zero-order valence-electron chi connectivity index (χ0n) is 14.7. The highest BCUT2D eigenvalue weighted by Crippen LogP contribution is 2.43. The lowest BCUT2D eigenvalue weighted by Crippen LogP contribution is -2.46. The zero-order chi connectivity index (χ0) is 18.1. The van der Waals surface area contributed by atoms with Gasteiger partial charge in [0.25, 0.3) is 0 Å². The van der Waals surface area contributed by atoms with Crippen LogP contribution in [0.4, 0.5) is 4.79 Å². The van der Waals surface area contributed by atoms with E-state index in [9.17, 15) is 9.59 Å². The molecule has 4 rings (SSSR count). The predicted octanol–water partition coefficient (Wildman–Crippen LogP) is 1.93. The third-order valence-corrected chi connectivity index (χ3v) is 5.11. The van der Waals surface area contributed by atoms with E-state index < -0.39 is 6.09 Å². The normalized spacial score (nSPS) is 20.6. The van der Waals surface area contributed by atoms with E-state index >= 15 is 0 Å². The van der Waals surface area contributed by atoms with Crippen molar-refractivity contribution in [1.82, 2.24) is 20.0 Å². The predicted molar refractivity (Wildman–Crippen MR) is 94.2 cm³/mol. The van der Waals surface area contributed by atoms with Crippen molar-refractivity contribution in [2.45, 2.75) is 38.0 Å². The summed E-state index contributed by atoms with van der Waals surface area (Å²) in [5.74, 6) is -0.0661. The molecule has 0 spiro atoms. The molecule has 1 aromatic carbocycles. The Balaban J connectivity index is 1.32. The van der Waals surface area contributed by atoms with Gasteiger partial charge in [0.1, 0.15) is 13.2 Å². The number of hydrogen-bond donors (Lipinski definition) is 1. The third kappa shape index (κ3) is 3.16. The van der Waals surface area contributed by atoms with Gasteiger partial charge in [-0.05, 0) is 18.4 Å². The molecule has 0 radical (unpaired) electrons. The van der Waals surface area contributed by atoms with E-state index in [0.717, 1.165) is 36.1 Å². The van der Waals surface area contributed by atoms with Gasteiger partial charge in [-0.3, -0.25) is 9.48 Å². The van der Waals surface area contributed by atoms with Crippen molar-refractivity contribution >= 4 is 12.0 Å². The second-order valence-electron chi connectivity index (χ2n) is 6.87. The van der Waals surface area contributed by atoms with Gasteiger partial charge >= 0.3 is 6.09 Å². The van der Waals surface area contributed by atoms with Gasteiger partial charge in [-0.2, -0.15) is 5.10 Å². The fourth-order valence-electron chi connectivity index (χ4n) is 3.99. The number of nitrogens with zero attached hydrogens (tertiary/aromatic N) is 3. The summed E-state index contributed by atoms with van der Waals surface area (Å²) in [5.41, 5.74) is 3.15. The van der Waals surface area contributed by atoms with Gasteiger partial charge in [-0.25, -0.2) is 4.79 Å². The minimum Gasteiger partial charge on any atom is -0.445 e. The second kappa shape index (κ2) is 6.82. The SMILES string of the molecule is Cn1cc2c(n1)C[C@@H]1CC[C@H]2N1C(=O)CNC(=O)OCc1ccccc1. The molecule has 0 aliphatic carbocycles. The van der Waals surface area contributed by atoms with E-state index in [1.54, 1.807) is 0 Å². The van der Waals surface area contributed by atoms with E-state index in [2.05, 4.69) is 10.4 Å². The lowest BCUT2D eigenvalue weighted by atomic mass is 10.0. The maximum absolute atomic E-state index is 12.7. The van der Waals surface area contributed by atoms with Crippen molar-refractivity contribution in [3.63, 3.8) is 0 Å². The van der Waals surface area contributed by atoms with E-state index in [-0.39, 0.29) is 31.1 Å². The van der Waals surface area contributed by atoms with Crippen LogP contribution in [0.5, 0.6) is 0 Å². The van der Waals surface area contributed by atoms with Gasteiger partial charge in [0, 0.05) is 31.3 Å². The molecule has 2 aliphatic rings. The van der Waals surface area contributed by atoms with Gasteiger partial charge in [0.2, 0.25) is 5.91 Å². The highest BCUT2D eigenvalue weighted by molar-refractivity contribution is 5.83. The Bertz CT molecular complexity index is 817. The smallest absolute Gasteiger partial charge is 0.407 e. The summed E-state index contributed by atoms with van der Waals surface area (Å²) in [6.07, 6.45) is 4.15. The van der Waals surface area contributed by atoms with Gasteiger partial charge < -0.3 is 15.0 Å². The highest BCUT2D eigenvalue weighted by Gasteiger charge is 2.43. The Kier molecular flexibility index (Phi) is 4.36. The van der Waals surface area contributed by atoms with E-state index in [1.807, 2.05) is 53.2 Å². The van der Waals surface area contributed by atoms with Crippen LogP contribution in [0, 0.1) is 0 Å². The molecule has 0 unspecified atom stereocenters. The Labute approximate surface area is 151 Å². The molecule has 1 aromatic heterocycles. The van der Waals surface area contributed by atoms with Crippen molar-refractivity contribution in [1.29, 1.82) is 0 Å². The molecule has 7 nitrogen and oxygen atoms in total. The van der Waals surface area contributed by atoms with Crippen molar-refractivity contribution in [3.8, 4) is 0 Å². The van der Waals surface area contributed by atoms with Crippen molar-refractivity contribution in [3.05, 3.63) is 53.3 Å². The van der Waals surface area contributed by atoms with Crippen LogP contribution < -0.4 is 5.32 Å². The maximum Gasteiger partial charge on any atom is 0.407 e. The molecule has 3 heterocycles. The summed E-state index contributed by atoms with van der Waals surface area (Å²) in [5, 5.41) is 7.08. The van der Waals surface area contributed by atoms with Crippen LogP contribution in [0.1, 0.15) is 35.7 Å². The maximum atomic E-state index is 12.7. The number of nitrogens with one attached hydrogen (secondary N) is 1. The quantitative estimate of drug-likeness (QED) is 0.910. The highest BCUT2D eigenvalue weighted by atomic mass is 16.5. The summed E-state index contributed by atoms with van der Waals surface area (Å²) >= 11 is 0. The molecule has 1 fully saturated rings. The molecular formula is C19H22N4O3. The van der Waals surface area contributed by atoms with Crippen molar-refractivity contribution in [2.24, 2.45) is 7.05 Å². The number of fused-ring (bicyclic) bond motifs is 4. The van der Waals surface area contributed by atoms with Crippen LogP contribution in [0.3, 0.4) is 0 Å². The molecule has 136 valence electrons. The van der Waals surface area contributed by atoms with Crippen LogP contribution >= 0.6 is 0 Å². The van der Waals surface area contributed by atoms with E-state index in [4.69, 9.17) is 4.74 Å². The fraction of sp³-hybridized carbons (Fsp3) is 0.421. The second-order valence-corrected chi connectivity index (χ2v) is 6.87. The first kappa shape index (κ1) is 16.6. The molecule has 26 heavy (non-hydrogen) atoms. The van der Waals surface area contributed by atoms with E-state index in [1.165, 1.54) is 0 Å². The van der Waals surface area contributed by atoms with Crippen LogP contribution in [-0.2, 0) is 29.6 Å². The third-order valence-electron chi connectivity index (χ3n) is 5.11. The van der Waals surface area contributed by atoms with Gasteiger partial charge in [0.05, 0.1) is 11.7 Å². The Morgan fingerprint density at radius 1 is 1.27 bits per heavy atom. The van der Waals surface area contributed by atoms with Gasteiger partial charge in [0.15, 0.2) is 0 Å². The van der Waals surface area contributed by atoms with Gasteiger partial charge in [-0.1, -0.05) is 30.3 Å². The minimum atomic E-state index is -0.575. The summed E-state index contributed by atoms with van der Waals surface area (Å²) < 4.78 is 6.97. The molecule has 2 amide bonds. The number of carbonyl (C=O) groups is 2. The van der Waals surface area contributed by atoms with Crippen LogP contribution in [0.2, 0.25) is 0 Å². The zero-order valence-corrected chi connectivity index (χ0v) is 14.7. The number of aromatic nitrogens is 2. The first-order chi connectivity index (χ1) is 12.6. The largest absolute Gasteiger partial charge is 0.445 e. The molecule has 1 N–H and O–H groups in total. The number of aryl methyl sites for hydroxylation is 1. The number of amides is 2. The molecule has 7 heteroatoms. The summed E-state index contributed by atoms with van der Waals surface area (Å²) in [6.45, 7) is 0.144. The Hall–Kier alpha value is -2.83. The van der Waals surface area contributed by atoms with E-state index in [0.29, 0.717) is 0 Å². The number of hydrogen-bond acceptors (Lipinski definition) is 4. The molecule has 0 saturated carbocycles. The molecule has 2 bridgehead atoms. The number of alkyl carbamates (subject to hydrolysis) is 1. The minimum absolute atomic E-state index is 0.0454. The van der Waals surface area contributed by atoms with Crippen LogP contribution in [0.15, 0.2) is 36.5 Å². The van der Waals surface area contributed by atoms with Crippen LogP contribution in [-0.4, -0.2) is 39.3 Å². The first-order valence-electron chi connectivity index (χ1n) is 8.90. The first-order valence-corrected chi connectivity index (χ1v) is 8.90. The Morgan fingerprint density at radius 3 is 2.88 bits per heavy atom. The monoisotopic (exact) mass is 354 g/mol. The lowest BCUT2D eigenvalue weighted by Gasteiger charge is -2.34. The number of rotatable bonds is 4.